The predicted octanol–water partition coefficient (Wildman–Crippen LogP) is 4.68. The second kappa shape index (κ2) is 7.75. The molecule has 0 aliphatic carbocycles. The number of alkyl halides is 3. The van der Waals surface area contributed by atoms with Crippen LogP contribution in [-0.2, 0) is 0 Å². The highest BCUT2D eigenvalue weighted by Gasteiger charge is 2.28. The van der Waals surface area contributed by atoms with E-state index in [4.69, 9.17) is 0 Å². The molecule has 0 spiro atoms. The van der Waals surface area contributed by atoms with Crippen molar-refractivity contribution in [1.82, 2.24) is 9.55 Å². The molecule has 0 unspecified atom stereocenters. The first-order chi connectivity index (χ1) is 13.2. The number of pyridine rings is 1. The molecule has 0 fully saturated rings. The third-order valence-corrected chi connectivity index (χ3v) is 4.09. The zero-order valence-electron chi connectivity index (χ0n) is 15.2. The second-order valence-electron chi connectivity index (χ2n) is 6.21. The molecule has 8 heteroatoms. The average Bonchev–Trinajstić information content (AvgIpc) is 2.95. The van der Waals surface area contributed by atoms with Gasteiger partial charge in [-0.2, -0.15) is 13.2 Å². The van der Waals surface area contributed by atoms with Crippen LogP contribution in [0.4, 0.5) is 18.9 Å². The van der Waals surface area contributed by atoms with E-state index in [0.29, 0.717) is 11.3 Å². The average molecular weight is 389 g/mol. The summed E-state index contributed by atoms with van der Waals surface area (Å²) in [4.78, 5) is 16.8. The normalized spacial score (nSPS) is 11.3. The van der Waals surface area contributed by atoms with Crippen LogP contribution in [0.1, 0.15) is 21.7 Å². The van der Waals surface area contributed by atoms with Gasteiger partial charge in [0.15, 0.2) is 6.61 Å². The van der Waals surface area contributed by atoms with Gasteiger partial charge in [0.25, 0.3) is 5.91 Å². The van der Waals surface area contributed by atoms with E-state index in [-0.39, 0.29) is 11.7 Å². The van der Waals surface area contributed by atoms with Crippen LogP contribution in [0.2, 0.25) is 0 Å². The molecule has 0 aliphatic heterocycles. The fourth-order valence-corrected chi connectivity index (χ4v) is 2.87. The molecule has 146 valence electrons. The van der Waals surface area contributed by atoms with Crippen molar-refractivity contribution in [3.8, 4) is 11.4 Å². The highest BCUT2D eigenvalue weighted by Crippen LogP contribution is 2.23. The molecular formula is C20H18F3N3O2. The number of halogens is 3. The van der Waals surface area contributed by atoms with E-state index in [9.17, 15) is 18.0 Å². The minimum atomic E-state index is -4.40. The van der Waals surface area contributed by atoms with Crippen molar-refractivity contribution in [3.63, 3.8) is 0 Å². The zero-order chi connectivity index (χ0) is 20.3. The van der Waals surface area contributed by atoms with Gasteiger partial charge < -0.3 is 14.6 Å². The number of carbonyl (C=O) groups is 1. The van der Waals surface area contributed by atoms with Crippen molar-refractivity contribution in [1.29, 1.82) is 0 Å². The molecule has 3 rings (SSSR count). The van der Waals surface area contributed by atoms with E-state index in [1.165, 1.54) is 24.3 Å². The maximum absolute atomic E-state index is 12.7. The summed E-state index contributed by atoms with van der Waals surface area (Å²) in [7, 11) is 0. The summed E-state index contributed by atoms with van der Waals surface area (Å²) in [5.41, 5.74) is 3.44. The van der Waals surface area contributed by atoms with Gasteiger partial charge in [-0.05, 0) is 56.3 Å². The standard InChI is InChI=1S/C20H18F3N3O2/c1-13-10-18(14(2)26(13)16-4-3-9-24-11-16)19(27)25-15-5-7-17(8-6-15)28-12-20(21,22)23/h3-11H,12H2,1-2H3,(H,25,27). The lowest BCUT2D eigenvalue weighted by Gasteiger charge is -2.11. The molecule has 0 bridgehead atoms. The molecule has 0 atom stereocenters. The summed E-state index contributed by atoms with van der Waals surface area (Å²) in [5, 5.41) is 2.74. The molecule has 1 amide bonds. The minimum absolute atomic E-state index is 0.0741. The van der Waals surface area contributed by atoms with Crippen LogP contribution in [0.25, 0.3) is 5.69 Å². The van der Waals surface area contributed by atoms with E-state index >= 15 is 0 Å². The summed E-state index contributed by atoms with van der Waals surface area (Å²) >= 11 is 0. The number of rotatable bonds is 5. The first kappa shape index (κ1) is 19.5. The van der Waals surface area contributed by atoms with Crippen molar-refractivity contribution < 1.29 is 22.7 Å². The van der Waals surface area contributed by atoms with Gasteiger partial charge in [0.1, 0.15) is 5.75 Å². The van der Waals surface area contributed by atoms with Gasteiger partial charge in [-0.3, -0.25) is 9.78 Å². The third-order valence-electron chi connectivity index (χ3n) is 4.09. The number of amides is 1. The second-order valence-corrected chi connectivity index (χ2v) is 6.21. The lowest BCUT2D eigenvalue weighted by Crippen LogP contribution is -2.19. The molecule has 0 saturated carbocycles. The van der Waals surface area contributed by atoms with Gasteiger partial charge in [0.05, 0.1) is 17.4 Å². The van der Waals surface area contributed by atoms with Crippen LogP contribution >= 0.6 is 0 Å². The summed E-state index contributed by atoms with van der Waals surface area (Å²) < 4.78 is 43.1. The first-order valence-corrected chi connectivity index (χ1v) is 8.45. The van der Waals surface area contributed by atoms with Crippen LogP contribution in [0, 0.1) is 13.8 Å². The van der Waals surface area contributed by atoms with Crippen molar-refractivity contribution in [3.05, 3.63) is 71.8 Å². The van der Waals surface area contributed by atoms with Gasteiger partial charge in [-0.1, -0.05) is 0 Å². The van der Waals surface area contributed by atoms with Crippen LogP contribution in [0.5, 0.6) is 5.75 Å². The molecule has 1 N–H and O–H groups in total. The Balaban J connectivity index is 1.73. The number of anilines is 1. The molecule has 2 aromatic heterocycles. The monoisotopic (exact) mass is 389 g/mol. The number of nitrogens with one attached hydrogen (secondary N) is 1. The summed E-state index contributed by atoms with van der Waals surface area (Å²) in [5.74, 6) is -0.239. The number of ether oxygens (including phenoxy) is 1. The number of hydrogen-bond donors (Lipinski definition) is 1. The van der Waals surface area contributed by atoms with Gasteiger partial charge in [0.2, 0.25) is 0 Å². The van der Waals surface area contributed by atoms with Crippen molar-refractivity contribution in [2.75, 3.05) is 11.9 Å². The molecule has 28 heavy (non-hydrogen) atoms. The number of nitrogens with zero attached hydrogens (tertiary/aromatic N) is 2. The first-order valence-electron chi connectivity index (χ1n) is 8.45. The molecule has 3 aromatic rings. The summed E-state index contributed by atoms with van der Waals surface area (Å²) in [6.45, 7) is 2.37. The van der Waals surface area contributed by atoms with Crippen LogP contribution in [0.3, 0.4) is 0 Å². The Kier molecular flexibility index (Phi) is 5.39. The fraction of sp³-hybridized carbons (Fsp3) is 0.200. The Morgan fingerprint density at radius 2 is 1.89 bits per heavy atom. The SMILES string of the molecule is Cc1cc(C(=O)Nc2ccc(OCC(F)(F)F)cc2)c(C)n1-c1cccnc1. The smallest absolute Gasteiger partial charge is 0.422 e. The number of hydrogen-bond acceptors (Lipinski definition) is 3. The lowest BCUT2D eigenvalue weighted by molar-refractivity contribution is -0.153. The van der Waals surface area contributed by atoms with Crippen molar-refractivity contribution in [2.45, 2.75) is 20.0 Å². The van der Waals surface area contributed by atoms with E-state index in [0.717, 1.165) is 17.1 Å². The molecule has 0 saturated heterocycles. The molecular weight excluding hydrogens is 371 g/mol. The zero-order valence-corrected chi connectivity index (χ0v) is 15.2. The van der Waals surface area contributed by atoms with Crippen molar-refractivity contribution in [2.24, 2.45) is 0 Å². The van der Waals surface area contributed by atoms with E-state index in [1.807, 2.05) is 30.5 Å². The molecule has 1 aromatic carbocycles. The number of carbonyl (C=O) groups excluding carboxylic acids is 1. The number of aryl methyl sites for hydroxylation is 1. The topological polar surface area (TPSA) is 56.1 Å². The van der Waals surface area contributed by atoms with E-state index in [1.54, 1.807) is 18.5 Å². The van der Waals surface area contributed by atoms with Gasteiger partial charge >= 0.3 is 6.18 Å². The Morgan fingerprint density at radius 3 is 2.50 bits per heavy atom. The highest BCUT2D eigenvalue weighted by atomic mass is 19.4. The third kappa shape index (κ3) is 4.51. The fourth-order valence-electron chi connectivity index (χ4n) is 2.87. The van der Waals surface area contributed by atoms with Gasteiger partial charge in [-0.25, -0.2) is 0 Å². The quantitative estimate of drug-likeness (QED) is 0.689. The van der Waals surface area contributed by atoms with E-state index < -0.39 is 12.8 Å². The minimum Gasteiger partial charge on any atom is -0.484 e. The van der Waals surface area contributed by atoms with Crippen LogP contribution in [0.15, 0.2) is 54.9 Å². The largest absolute Gasteiger partial charge is 0.484 e. The predicted molar refractivity (Wildman–Crippen MR) is 99.0 cm³/mol. The number of benzene rings is 1. The number of aromatic nitrogens is 2. The van der Waals surface area contributed by atoms with Crippen LogP contribution < -0.4 is 10.1 Å². The maximum atomic E-state index is 12.7. The van der Waals surface area contributed by atoms with Gasteiger partial charge in [0, 0.05) is 23.3 Å². The Labute approximate surface area is 159 Å². The molecule has 0 aliphatic rings. The Bertz CT molecular complexity index is 965. The summed E-state index contributed by atoms with van der Waals surface area (Å²) in [6.07, 6.45) is -1.02. The maximum Gasteiger partial charge on any atom is 0.422 e. The van der Waals surface area contributed by atoms with Crippen LogP contribution in [-0.4, -0.2) is 28.2 Å². The molecule has 5 nitrogen and oxygen atoms in total. The molecule has 2 heterocycles. The Hall–Kier alpha value is -3.29. The van der Waals surface area contributed by atoms with E-state index in [2.05, 4.69) is 15.0 Å². The highest BCUT2D eigenvalue weighted by molar-refractivity contribution is 6.05. The lowest BCUT2D eigenvalue weighted by atomic mass is 10.2. The van der Waals surface area contributed by atoms with Crippen molar-refractivity contribution >= 4 is 11.6 Å². The Morgan fingerprint density at radius 1 is 1.18 bits per heavy atom. The summed E-state index contributed by atoms with van der Waals surface area (Å²) in [6, 6.07) is 11.2. The van der Waals surface area contributed by atoms with Gasteiger partial charge in [-0.15, -0.1) is 0 Å². The molecule has 0 radical (unpaired) electrons.